The topological polar surface area (TPSA) is 29.1 Å². The number of carbonyl (C=O) groups excluding carboxylic acids is 1. The zero-order chi connectivity index (χ0) is 12.6. The Morgan fingerprint density at radius 1 is 1.00 bits per heavy atom. The molecule has 1 aliphatic heterocycles. The van der Waals surface area contributed by atoms with Crippen LogP contribution in [0.2, 0.25) is 0 Å². The Bertz CT molecular complexity index is 596. The van der Waals surface area contributed by atoms with Gasteiger partial charge in [-0.3, -0.25) is 4.79 Å². The molecular weight excluding hydrogens is 246 g/mol. The first-order valence-corrected chi connectivity index (χ1v) is 6.22. The lowest BCUT2D eigenvalue weighted by Gasteiger charge is -2.19. The van der Waals surface area contributed by atoms with Crippen LogP contribution in [0, 0.1) is 0 Å². The number of benzene rings is 2. The molecule has 1 heterocycles. The van der Waals surface area contributed by atoms with Crippen molar-refractivity contribution in [3.8, 4) is 0 Å². The van der Waals surface area contributed by atoms with Gasteiger partial charge < -0.3 is 5.32 Å². The molecule has 1 atom stereocenters. The molecule has 0 radical (unpaired) electrons. The van der Waals surface area contributed by atoms with Crippen molar-refractivity contribution >= 4 is 23.2 Å². The van der Waals surface area contributed by atoms with Crippen LogP contribution in [0.3, 0.4) is 0 Å². The van der Waals surface area contributed by atoms with Crippen LogP contribution >= 0.6 is 11.6 Å². The van der Waals surface area contributed by atoms with Crippen molar-refractivity contribution in [3.63, 3.8) is 0 Å². The maximum Gasteiger partial charge on any atom is 0.250 e. The molecule has 3 heteroatoms. The van der Waals surface area contributed by atoms with E-state index in [0.717, 1.165) is 16.8 Å². The Hall–Kier alpha value is -1.80. The highest BCUT2D eigenvalue weighted by Crippen LogP contribution is 2.43. The number of amides is 1. The molecule has 0 spiro atoms. The summed E-state index contributed by atoms with van der Waals surface area (Å²) < 4.78 is 0. The summed E-state index contributed by atoms with van der Waals surface area (Å²) in [6, 6.07) is 17.4. The van der Waals surface area contributed by atoms with Crippen molar-refractivity contribution in [2.45, 2.75) is 11.3 Å². The third-order valence-corrected chi connectivity index (χ3v) is 3.76. The van der Waals surface area contributed by atoms with E-state index < -0.39 is 4.87 Å². The average Bonchev–Trinajstić information content (AvgIpc) is 2.63. The molecule has 0 bridgehead atoms. The molecule has 1 aliphatic rings. The largest absolute Gasteiger partial charge is 0.324 e. The number of nitrogens with one attached hydrogen (secondary N) is 1. The van der Waals surface area contributed by atoms with Crippen LogP contribution in [-0.2, 0) is 16.1 Å². The predicted molar refractivity (Wildman–Crippen MR) is 72.7 cm³/mol. The third kappa shape index (κ3) is 1.70. The minimum absolute atomic E-state index is 0.144. The Morgan fingerprint density at radius 3 is 2.44 bits per heavy atom. The molecule has 0 saturated carbocycles. The number of halogens is 1. The van der Waals surface area contributed by atoms with Crippen LogP contribution in [0.4, 0.5) is 5.69 Å². The molecule has 0 fully saturated rings. The van der Waals surface area contributed by atoms with Gasteiger partial charge in [0.2, 0.25) is 0 Å². The average molecular weight is 258 g/mol. The van der Waals surface area contributed by atoms with E-state index >= 15 is 0 Å². The number of rotatable bonds is 2. The first-order valence-electron chi connectivity index (χ1n) is 5.84. The molecule has 0 aliphatic carbocycles. The highest BCUT2D eigenvalue weighted by atomic mass is 35.5. The molecule has 1 N–H and O–H groups in total. The Morgan fingerprint density at radius 2 is 1.67 bits per heavy atom. The maximum atomic E-state index is 12.1. The third-order valence-electron chi connectivity index (χ3n) is 3.25. The van der Waals surface area contributed by atoms with Gasteiger partial charge in [0.25, 0.3) is 5.91 Å². The van der Waals surface area contributed by atoms with E-state index in [2.05, 4.69) is 5.32 Å². The van der Waals surface area contributed by atoms with Gasteiger partial charge in [-0.2, -0.15) is 0 Å². The van der Waals surface area contributed by atoms with Gasteiger partial charge in [-0.05, 0) is 11.6 Å². The lowest BCUT2D eigenvalue weighted by molar-refractivity contribution is -0.118. The fourth-order valence-corrected chi connectivity index (χ4v) is 2.70. The summed E-state index contributed by atoms with van der Waals surface area (Å²) in [5.41, 5.74) is 2.73. The van der Waals surface area contributed by atoms with Gasteiger partial charge in [0.15, 0.2) is 4.87 Å². The van der Waals surface area contributed by atoms with Crippen molar-refractivity contribution in [2.24, 2.45) is 0 Å². The second-order valence-corrected chi connectivity index (χ2v) is 5.11. The van der Waals surface area contributed by atoms with Crippen LogP contribution in [0.1, 0.15) is 11.1 Å². The molecule has 0 aromatic heterocycles. The van der Waals surface area contributed by atoms with E-state index in [1.807, 2.05) is 54.6 Å². The van der Waals surface area contributed by atoms with E-state index in [1.54, 1.807) is 0 Å². The summed E-state index contributed by atoms with van der Waals surface area (Å²) >= 11 is 6.57. The van der Waals surface area contributed by atoms with Gasteiger partial charge in [0, 0.05) is 17.7 Å². The number of hydrogen-bond acceptors (Lipinski definition) is 1. The second-order valence-electron chi connectivity index (χ2n) is 4.46. The number of carbonyl (C=O) groups is 1. The van der Waals surface area contributed by atoms with Gasteiger partial charge in [0.1, 0.15) is 0 Å². The highest BCUT2D eigenvalue weighted by molar-refractivity contribution is 6.39. The molecule has 0 saturated heterocycles. The second kappa shape index (κ2) is 4.14. The molecule has 2 aromatic rings. The Balaban J connectivity index is 2.02. The minimum atomic E-state index is -0.988. The fraction of sp³-hybridized carbons (Fsp3) is 0.133. The maximum absolute atomic E-state index is 12.1. The van der Waals surface area contributed by atoms with Crippen molar-refractivity contribution < 1.29 is 4.79 Å². The van der Waals surface area contributed by atoms with Gasteiger partial charge in [0.05, 0.1) is 0 Å². The van der Waals surface area contributed by atoms with Crippen molar-refractivity contribution in [1.82, 2.24) is 0 Å². The van der Waals surface area contributed by atoms with E-state index in [0.29, 0.717) is 6.42 Å². The molecule has 90 valence electrons. The first kappa shape index (κ1) is 11.3. The fourth-order valence-electron chi connectivity index (χ4n) is 2.33. The van der Waals surface area contributed by atoms with Gasteiger partial charge >= 0.3 is 0 Å². The number of alkyl halides is 1. The van der Waals surface area contributed by atoms with Crippen LogP contribution in [0.15, 0.2) is 54.6 Å². The summed E-state index contributed by atoms with van der Waals surface area (Å²) in [4.78, 5) is 11.1. The van der Waals surface area contributed by atoms with E-state index in [1.165, 1.54) is 0 Å². The van der Waals surface area contributed by atoms with Gasteiger partial charge in [-0.15, -0.1) is 11.6 Å². The predicted octanol–water partition coefficient (Wildman–Crippen LogP) is 3.32. The smallest absolute Gasteiger partial charge is 0.250 e. The summed E-state index contributed by atoms with van der Waals surface area (Å²) in [7, 11) is 0. The van der Waals surface area contributed by atoms with Crippen molar-refractivity contribution in [2.75, 3.05) is 5.32 Å². The number of para-hydroxylation sites is 1. The van der Waals surface area contributed by atoms with Crippen molar-refractivity contribution in [1.29, 1.82) is 0 Å². The summed E-state index contributed by atoms with van der Waals surface area (Å²) in [6.07, 6.45) is 0.498. The van der Waals surface area contributed by atoms with Crippen LogP contribution in [-0.4, -0.2) is 5.91 Å². The lowest BCUT2D eigenvalue weighted by Crippen LogP contribution is -2.30. The van der Waals surface area contributed by atoms with Crippen molar-refractivity contribution in [3.05, 3.63) is 65.7 Å². The van der Waals surface area contributed by atoms with Crippen LogP contribution in [0.25, 0.3) is 0 Å². The molecular formula is C15H12ClNO. The molecule has 18 heavy (non-hydrogen) atoms. The van der Waals surface area contributed by atoms with E-state index in [4.69, 9.17) is 11.6 Å². The highest BCUT2D eigenvalue weighted by Gasteiger charge is 2.44. The molecule has 2 nitrogen and oxygen atoms in total. The van der Waals surface area contributed by atoms with E-state index in [9.17, 15) is 4.79 Å². The lowest BCUT2D eigenvalue weighted by atomic mass is 9.92. The quantitative estimate of drug-likeness (QED) is 0.822. The normalized spacial score (nSPS) is 21.5. The minimum Gasteiger partial charge on any atom is -0.324 e. The first-order chi connectivity index (χ1) is 8.70. The van der Waals surface area contributed by atoms with Gasteiger partial charge in [-0.25, -0.2) is 0 Å². The zero-order valence-electron chi connectivity index (χ0n) is 9.69. The Labute approximate surface area is 111 Å². The monoisotopic (exact) mass is 257 g/mol. The standard InChI is InChI=1S/C15H12ClNO/c16-15(10-11-6-2-1-3-7-11)12-8-4-5-9-13(12)17-14(15)18/h1-9H,10H2,(H,17,18). The van der Waals surface area contributed by atoms with Gasteiger partial charge in [-0.1, -0.05) is 48.5 Å². The van der Waals surface area contributed by atoms with E-state index in [-0.39, 0.29) is 5.91 Å². The number of anilines is 1. The molecule has 1 unspecified atom stereocenters. The zero-order valence-corrected chi connectivity index (χ0v) is 10.4. The summed E-state index contributed by atoms with van der Waals surface area (Å²) in [5, 5.41) is 2.84. The van der Waals surface area contributed by atoms with Crippen LogP contribution < -0.4 is 5.32 Å². The molecule has 2 aromatic carbocycles. The summed E-state index contributed by atoms with van der Waals surface area (Å²) in [5.74, 6) is -0.144. The summed E-state index contributed by atoms with van der Waals surface area (Å²) in [6.45, 7) is 0. The molecule has 1 amide bonds. The van der Waals surface area contributed by atoms with Crippen LogP contribution in [0.5, 0.6) is 0 Å². The SMILES string of the molecule is O=C1Nc2ccccc2C1(Cl)Cc1ccccc1. The molecule has 3 rings (SSSR count). The number of hydrogen-bond donors (Lipinski definition) is 1. The number of fused-ring (bicyclic) bond motifs is 1. The Kier molecular flexibility index (Phi) is 2.60.